The highest BCUT2D eigenvalue weighted by atomic mass is 32.1. The maximum Gasteiger partial charge on any atom is 0.242 e. The molecule has 5 nitrogen and oxygen atoms in total. The number of thiophene rings is 1. The summed E-state index contributed by atoms with van der Waals surface area (Å²) in [5.41, 5.74) is 3.56. The van der Waals surface area contributed by atoms with Crippen molar-refractivity contribution in [2.75, 3.05) is 33.4 Å². The van der Waals surface area contributed by atoms with Crippen molar-refractivity contribution >= 4 is 23.2 Å². The van der Waals surface area contributed by atoms with Crippen LogP contribution in [0.1, 0.15) is 53.8 Å². The number of carbonyl (C=O) groups excluding carboxylic acids is 2. The highest BCUT2D eigenvalue weighted by Crippen LogP contribution is 2.39. The molecule has 0 unspecified atom stereocenters. The third-order valence-electron chi connectivity index (χ3n) is 5.69. The molecule has 0 bridgehead atoms. The molecular formula is C24H32N2O3S. The number of rotatable bonds is 9. The number of methoxy groups -OCH3 is 1. The highest BCUT2D eigenvalue weighted by molar-refractivity contribution is 7.10. The summed E-state index contributed by atoms with van der Waals surface area (Å²) in [5.74, 6) is 0.0598. The van der Waals surface area contributed by atoms with Crippen molar-refractivity contribution in [2.24, 2.45) is 0 Å². The van der Waals surface area contributed by atoms with Gasteiger partial charge in [-0.2, -0.15) is 0 Å². The van der Waals surface area contributed by atoms with Crippen molar-refractivity contribution in [2.45, 2.75) is 45.6 Å². The van der Waals surface area contributed by atoms with Crippen LogP contribution in [-0.2, 0) is 20.7 Å². The SMILES string of the molecule is CCCC(=O)N(CCCOC)CC(=O)N1CCc2sccc2[C@H]1c1ccccc1C. The Morgan fingerprint density at radius 2 is 2.03 bits per heavy atom. The van der Waals surface area contributed by atoms with Gasteiger partial charge in [0.15, 0.2) is 0 Å². The van der Waals surface area contributed by atoms with Gasteiger partial charge in [0.1, 0.15) is 0 Å². The second kappa shape index (κ2) is 10.7. The van der Waals surface area contributed by atoms with Crippen LogP contribution in [0.2, 0.25) is 0 Å². The van der Waals surface area contributed by atoms with Crippen molar-refractivity contribution < 1.29 is 14.3 Å². The van der Waals surface area contributed by atoms with Gasteiger partial charge in [0, 0.05) is 38.1 Å². The van der Waals surface area contributed by atoms with E-state index in [1.807, 2.05) is 24.0 Å². The fourth-order valence-electron chi connectivity index (χ4n) is 4.13. The quantitative estimate of drug-likeness (QED) is 0.563. The Morgan fingerprint density at radius 3 is 2.77 bits per heavy atom. The van der Waals surface area contributed by atoms with E-state index in [2.05, 4.69) is 30.5 Å². The number of amides is 2. The third kappa shape index (κ3) is 5.10. The summed E-state index contributed by atoms with van der Waals surface area (Å²) < 4.78 is 5.14. The molecule has 6 heteroatoms. The second-order valence-corrected chi connectivity index (χ2v) is 8.81. The summed E-state index contributed by atoms with van der Waals surface area (Å²) in [4.78, 5) is 31.2. The van der Waals surface area contributed by atoms with Gasteiger partial charge in [0.05, 0.1) is 12.6 Å². The van der Waals surface area contributed by atoms with Crippen LogP contribution in [0.4, 0.5) is 0 Å². The molecule has 1 aliphatic heterocycles. The molecule has 162 valence electrons. The Morgan fingerprint density at radius 1 is 1.23 bits per heavy atom. The highest BCUT2D eigenvalue weighted by Gasteiger charge is 2.34. The summed E-state index contributed by atoms with van der Waals surface area (Å²) in [6, 6.07) is 10.3. The zero-order chi connectivity index (χ0) is 21.5. The molecule has 2 amide bonds. The van der Waals surface area contributed by atoms with Crippen LogP contribution < -0.4 is 0 Å². The first-order chi connectivity index (χ1) is 14.6. The van der Waals surface area contributed by atoms with Gasteiger partial charge in [-0.15, -0.1) is 11.3 Å². The first-order valence-corrected chi connectivity index (χ1v) is 11.6. The van der Waals surface area contributed by atoms with E-state index in [0.717, 1.165) is 24.8 Å². The molecule has 1 atom stereocenters. The summed E-state index contributed by atoms with van der Waals surface area (Å²) in [6.45, 7) is 6.02. The standard InChI is InChI=1S/C24H32N2O3S/c1-4-8-22(27)25(13-7-15-29-3)17-23(28)26-14-11-21-20(12-16-30-21)24(26)19-10-6-5-9-18(19)2/h5-6,9-10,12,16,24H,4,7-8,11,13-15,17H2,1-3H3/t24-/m1/s1. The summed E-state index contributed by atoms with van der Waals surface area (Å²) in [5, 5.41) is 2.12. The van der Waals surface area contributed by atoms with Crippen molar-refractivity contribution in [3.63, 3.8) is 0 Å². The summed E-state index contributed by atoms with van der Waals surface area (Å²) in [7, 11) is 1.66. The van der Waals surface area contributed by atoms with E-state index in [4.69, 9.17) is 4.74 Å². The lowest BCUT2D eigenvalue weighted by atomic mass is 9.90. The number of ether oxygens (including phenoxy) is 1. The summed E-state index contributed by atoms with van der Waals surface area (Å²) >= 11 is 1.77. The van der Waals surface area contributed by atoms with Gasteiger partial charge in [-0.25, -0.2) is 0 Å². The van der Waals surface area contributed by atoms with Crippen molar-refractivity contribution in [3.8, 4) is 0 Å². The van der Waals surface area contributed by atoms with Gasteiger partial charge in [0.25, 0.3) is 0 Å². The van der Waals surface area contributed by atoms with Gasteiger partial charge in [-0.1, -0.05) is 31.2 Å². The molecule has 0 N–H and O–H groups in total. The number of nitrogens with zero attached hydrogens (tertiary/aromatic N) is 2. The fraction of sp³-hybridized carbons (Fsp3) is 0.500. The normalized spacial score (nSPS) is 15.7. The van der Waals surface area contributed by atoms with Crippen LogP contribution in [0.15, 0.2) is 35.7 Å². The van der Waals surface area contributed by atoms with Crippen LogP contribution in [-0.4, -0.2) is 55.0 Å². The topological polar surface area (TPSA) is 49.9 Å². The first kappa shape index (κ1) is 22.5. The molecule has 0 saturated carbocycles. The molecule has 1 aromatic carbocycles. The van der Waals surface area contributed by atoms with E-state index in [9.17, 15) is 9.59 Å². The minimum Gasteiger partial charge on any atom is -0.385 e. The van der Waals surface area contributed by atoms with Crippen LogP contribution in [0.3, 0.4) is 0 Å². The lowest BCUT2D eigenvalue weighted by molar-refractivity contribution is -0.142. The molecule has 0 radical (unpaired) electrons. The second-order valence-electron chi connectivity index (χ2n) is 7.81. The Kier molecular flexibility index (Phi) is 8.05. The molecule has 30 heavy (non-hydrogen) atoms. The molecule has 0 spiro atoms. The molecular weight excluding hydrogens is 396 g/mol. The van der Waals surface area contributed by atoms with E-state index in [-0.39, 0.29) is 24.4 Å². The molecule has 1 aromatic heterocycles. The van der Waals surface area contributed by atoms with Gasteiger partial charge < -0.3 is 14.5 Å². The molecule has 3 rings (SSSR count). The average Bonchev–Trinajstić information content (AvgIpc) is 3.22. The van der Waals surface area contributed by atoms with Crippen LogP contribution in [0.5, 0.6) is 0 Å². The van der Waals surface area contributed by atoms with E-state index < -0.39 is 0 Å². The van der Waals surface area contributed by atoms with E-state index in [1.165, 1.54) is 16.0 Å². The van der Waals surface area contributed by atoms with E-state index in [0.29, 0.717) is 26.1 Å². The average molecular weight is 429 g/mol. The minimum atomic E-state index is -0.0872. The number of hydrogen-bond acceptors (Lipinski definition) is 4. The zero-order valence-electron chi connectivity index (χ0n) is 18.2. The number of hydrogen-bond donors (Lipinski definition) is 0. The molecule has 1 aliphatic rings. The first-order valence-electron chi connectivity index (χ1n) is 10.7. The molecule has 0 saturated heterocycles. The van der Waals surface area contributed by atoms with Gasteiger partial charge >= 0.3 is 0 Å². The monoisotopic (exact) mass is 428 g/mol. The Hall–Kier alpha value is -2.18. The van der Waals surface area contributed by atoms with Crippen molar-refractivity contribution in [1.29, 1.82) is 0 Å². The van der Waals surface area contributed by atoms with Crippen LogP contribution in [0.25, 0.3) is 0 Å². The van der Waals surface area contributed by atoms with Crippen LogP contribution in [0, 0.1) is 6.92 Å². The number of benzene rings is 1. The van der Waals surface area contributed by atoms with E-state index in [1.54, 1.807) is 23.3 Å². The molecule has 2 aromatic rings. The molecule has 0 aliphatic carbocycles. The largest absolute Gasteiger partial charge is 0.385 e. The maximum absolute atomic E-state index is 13.5. The Bertz CT molecular complexity index is 864. The smallest absolute Gasteiger partial charge is 0.242 e. The number of aryl methyl sites for hydroxylation is 1. The predicted molar refractivity (Wildman–Crippen MR) is 121 cm³/mol. The number of fused-ring (bicyclic) bond motifs is 1. The van der Waals surface area contributed by atoms with Crippen LogP contribution >= 0.6 is 11.3 Å². The summed E-state index contributed by atoms with van der Waals surface area (Å²) in [6.07, 6.45) is 2.85. The lowest BCUT2D eigenvalue weighted by Crippen LogP contribution is -2.47. The van der Waals surface area contributed by atoms with Gasteiger partial charge in [-0.05, 0) is 54.3 Å². The minimum absolute atomic E-state index is 0.0157. The predicted octanol–water partition coefficient (Wildman–Crippen LogP) is 4.20. The maximum atomic E-state index is 13.5. The van der Waals surface area contributed by atoms with Crippen molar-refractivity contribution in [3.05, 3.63) is 57.3 Å². The Balaban J connectivity index is 1.85. The zero-order valence-corrected chi connectivity index (χ0v) is 19.0. The lowest BCUT2D eigenvalue weighted by Gasteiger charge is -2.38. The molecule has 2 heterocycles. The number of carbonyl (C=O) groups is 2. The van der Waals surface area contributed by atoms with Gasteiger partial charge in [0.2, 0.25) is 11.8 Å². The fourth-order valence-corrected chi connectivity index (χ4v) is 5.04. The van der Waals surface area contributed by atoms with E-state index >= 15 is 0 Å². The van der Waals surface area contributed by atoms with Gasteiger partial charge in [-0.3, -0.25) is 9.59 Å². The third-order valence-corrected chi connectivity index (χ3v) is 6.68. The van der Waals surface area contributed by atoms with Crippen molar-refractivity contribution in [1.82, 2.24) is 9.80 Å². The Labute approximate surface area is 183 Å². The molecule has 0 fully saturated rings.